The zero-order chi connectivity index (χ0) is 18.9. The van der Waals surface area contributed by atoms with Gasteiger partial charge in [-0.2, -0.15) is 0 Å². The Morgan fingerprint density at radius 3 is 0.760 bits per heavy atom. The van der Waals surface area contributed by atoms with Crippen LogP contribution in [0.5, 0.6) is 0 Å². The average Bonchev–Trinajstić information content (AvgIpc) is 2.27. The van der Waals surface area contributed by atoms with Crippen molar-refractivity contribution in [2.75, 3.05) is 0 Å². The molecule has 0 atom stereocenters. The Labute approximate surface area is 176 Å². The van der Waals surface area contributed by atoms with Gasteiger partial charge in [-0.15, -0.1) is 0 Å². The first-order valence-electron chi connectivity index (χ1n) is 4.80. The maximum absolute atomic E-state index is 12.1. The van der Waals surface area contributed by atoms with Crippen molar-refractivity contribution in [3.8, 4) is 0 Å². The Kier molecular flexibility index (Phi) is 26.7. The third kappa shape index (κ3) is 19.6. The molecule has 128 valence electrons. The van der Waals surface area contributed by atoms with Crippen LogP contribution >= 0.6 is 0 Å². The van der Waals surface area contributed by atoms with Crippen LogP contribution in [-0.4, -0.2) is 63.0 Å². The number of hydrogen-bond donors (Lipinski definition) is 4. The van der Waals surface area contributed by atoms with Gasteiger partial charge in [-0.25, -0.2) is 28.0 Å². The number of aliphatic carboxylic acids is 4. The third-order valence-electron chi connectivity index (χ3n) is 1.61. The van der Waals surface area contributed by atoms with Gasteiger partial charge in [0.05, 0.1) is 0 Å². The molecule has 0 bridgehead atoms. The molecule has 0 aromatic carbocycles. The van der Waals surface area contributed by atoms with Gasteiger partial charge in [-0.3, -0.25) is 7.32 Å². The van der Waals surface area contributed by atoms with E-state index in [9.17, 15) is 28.0 Å². The Morgan fingerprint density at radius 2 is 0.760 bits per heavy atom. The fraction of sp³-hybridized carbons (Fsp3) is 0.500. The molecule has 0 amide bonds. The van der Waals surface area contributed by atoms with Crippen molar-refractivity contribution in [1.82, 2.24) is 0 Å². The molecule has 4 N–H and O–H groups in total. The number of carbonyl (C=O) groups is 4. The van der Waals surface area contributed by atoms with Crippen LogP contribution in [0.2, 0.25) is 0 Å². The maximum atomic E-state index is 12.1. The van der Waals surface area contributed by atoms with Crippen LogP contribution in [0.3, 0.4) is 0 Å². The molecule has 0 saturated heterocycles. The summed E-state index contributed by atoms with van der Waals surface area (Å²) in [6.45, 7) is 0.940. The van der Waals surface area contributed by atoms with Gasteiger partial charge in [-0.1, -0.05) is 0 Å². The van der Waals surface area contributed by atoms with Gasteiger partial charge in [0.1, 0.15) is 0 Å². The second-order valence-corrected chi connectivity index (χ2v) is 3.52. The van der Waals surface area contributed by atoms with Crippen molar-refractivity contribution < 1.29 is 120 Å². The molecule has 17 heteroatoms. The van der Waals surface area contributed by atoms with Gasteiger partial charge in [0.25, 0.3) is 11.3 Å². The van der Waals surface area contributed by atoms with Crippen LogP contribution in [0, 0.1) is 0 Å². The van der Waals surface area contributed by atoms with E-state index in [1.807, 2.05) is 0 Å². The second-order valence-electron chi connectivity index (χ2n) is 3.52. The number of carboxylic acid groups (broad SMARTS) is 4. The van der Waals surface area contributed by atoms with E-state index in [4.69, 9.17) is 35.5 Å². The third-order valence-corrected chi connectivity index (χ3v) is 1.61. The molecule has 0 aromatic rings. The summed E-state index contributed by atoms with van der Waals surface area (Å²) in [6, 6.07) is 0. The molecule has 0 heterocycles. The zero-order valence-electron chi connectivity index (χ0n) is 14.0. The van der Waals surface area contributed by atoms with Crippen molar-refractivity contribution in [3.63, 3.8) is 0 Å². The molecule has 0 spiro atoms. The predicted octanol–water partition coefficient (Wildman–Crippen LogP) is -13.2. The van der Waals surface area contributed by atoms with Crippen molar-refractivity contribution in [1.29, 1.82) is 0 Å². The molecule has 0 rings (SSSR count). The van der Waals surface area contributed by atoms with Crippen LogP contribution in [0.1, 0.15) is 13.8 Å². The summed E-state index contributed by atoms with van der Waals surface area (Å²) in [5, 5.41) is 56.7. The van der Waals surface area contributed by atoms with Crippen molar-refractivity contribution in [2.45, 2.75) is 25.2 Å². The fourth-order valence-corrected chi connectivity index (χ4v) is 0.183. The Bertz CT molecular complexity index is 363. The van der Waals surface area contributed by atoms with Crippen LogP contribution in [0.15, 0.2) is 0 Å². The Balaban J connectivity index is -0.0000000543. The summed E-state index contributed by atoms with van der Waals surface area (Å²) in [5.41, 5.74) is -6.33. The zero-order valence-corrected chi connectivity index (χ0v) is 14.0. The first-order chi connectivity index (χ1) is 9.51. The minimum atomic E-state index is -3.17. The number of hydrogen-bond acceptors (Lipinski definition) is 7. The molecule has 0 aliphatic heterocycles. The molecule has 0 radical (unpaired) electrons. The molecular weight excluding hydrogens is 342 g/mol. The molecule has 0 unspecified atom stereocenters. The van der Waals surface area contributed by atoms with Gasteiger partial charge in [0.15, 0.2) is 0 Å². The predicted molar refractivity (Wildman–Crippen MR) is 55.3 cm³/mol. The van der Waals surface area contributed by atoms with Crippen molar-refractivity contribution in [3.05, 3.63) is 0 Å². The standard InChI is InChI=1S/2C4H5FO4.BO3.3Li/c2*1-4(5,2(6)7)3(8)9;2-1(3)4;;;/h2*1H3,(H,6,7)(H,8,9);;;;/q;;-3;3*+1. The normalized spacial score (nSPS) is 8.92. The monoisotopic (exact) mass is 352 g/mol. The second kappa shape index (κ2) is 16.9. The van der Waals surface area contributed by atoms with Gasteiger partial charge in [0, 0.05) is 0 Å². The number of halogens is 2. The Morgan fingerprint density at radius 1 is 0.680 bits per heavy atom. The summed E-state index contributed by atoms with van der Waals surface area (Å²) in [4.78, 5) is 38.8. The van der Waals surface area contributed by atoms with E-state index in [0.717, 1.165) is 0 Å². The first-order valence-corrected chi connectivity index (χ1v) is 4.80. The molecular formula is C8H10BF2Li3O11. The summed E-state index contributed by atoms with van der Waals surface area (Å²) in [5.74, 6) is -7.96. The first kappa shape index (κ1) is 39.5. The molecule has 0 fully saturated rings. The topological polar surface area (TPSA) is 218 Å². The summed E-state index contributed by atoms with van der Waals surface area (Å²) < 4.78 is 24.3. The summed E-state index contributed by atoms with van der Waals surface area (Å²) >= 11 is 0. The fourth-order valence-electron chi connectivity index (χ4n) is 0.183. The number of rotatable bonds is 4. The summed E-state index contributed by atoms with van der Waals surface area (Å²) in [7, 11) is -2.92. The average molecular weight is 352 g/mol. The van der Waals surface area contributed by atoms with E-state index in [1.165, 1.54) is 0 Å². The van der Waals surface area contributed by atoms with Crippen LogP contribution in [0.4, 0.5) is 8.78 Å². The maximum Gasteiger partial charge on any atom is 1.00 e. The largest absolute Gasteiger partial charge is 1.00 e. The van der Waals surface area contributed by atoms with Gasteiger partial charge in [-0.05, 0) is 13.8 Å². The van der Waals surface area contributed by atoms with Gasteiger partial charge < -0.3 is 35.5 Å². The van der Waals surface area contributed by atoms with Crippen molar-refractivity contribution >= 4 is 31.2 Å². The van der Waals surface area contributed by atoms with E-state index >= 15 is 0 Å². The molecule has 0 aliphatic carbocycles. The van der Waals surface area contributed by atoms with Crippen molar-refractivity contribution in [2.24, 2.45) is 0 Å². The molecule has 11 nitrogen and oxygen atoms in total. The summed E-state index contributed by atoms with van der Waals surface area (Å²) in [6.07, 6.45) is 0. The molecule has 25 heavy (non-hydrogen) atoms. The Hall–Kier alpha value is -0.523. The van der Waals surface area contributed by atoms with E-state index < -0.39 is 42.5 Å². The van der Waals surface area contributed by atoms with E-state index in [0.29, 0.717) is 13.8 Å². The van der Waals surface area contributed by atoms with Crippen LogP contribution in [-0.2, 0) is 19.2 Å². The minimum absolute atomic E-state index is 0. The van der Waals surface area contributed by atoms with Crippen LogP contribution < -0.4 is 71.7 Å². The SMILES string of the molecule is CC(F)(C(=O)O)C(=O)O.CC(F)(C(=O)O)C(=O)O.[Li+].[Li+].[Li+].[O-]B([O-])[O-]. The molecule has 0 saturated carbocycles. The number of alkyl halides is 2. The van der Waals surface area contributed by atoms with E-state index in [1.54, 1.807) is 0 Å². The smallest absolute Gasteiger partial charge is 0.907 e. The van der Waals surface area contributed by atoms with Gasteiger partial charge in [0.2, 0.25) is 0 Å². The molecule has 0 aliphatic rings. The van der Waals surface area contributed by atoms with E-state index in [-0.39, 0.29) is 56.6 Å². The van der Waals surface area contributed by atoms with Crippen LogP contribution in [0.25, 0.3) is 0 Å². The molecule has 0 aromatic heterocycles. The van der Waals surface area contributed by atoms with E-state index in [2.05, 4.69) is 0 Å². The minimum Gasteiger partial charge on any atom is -0.907 e. The quantitative estimate of drug-likeness (QED) is 0.275. The van der Waals surface area contributed by atoms with Gasteiger partial charge >= 0.3 is 80.5 Å². The number of carboxylic acids is 4.